The van der Waals surface area contributed by atoms with E-state index in [1.165, 1.54) is 18.3 Å². The van der Waals surface area contributed by atoms with Crippen molar-refractivity contribution >= 4 is 58.5 Å². The second-order valence-electron chi connectivity index (χ2n) is 13.8. The first-order chi connectivity index (χ1) is 27.8. The summed E-state index contributed by atoms with van der Waals surface area (Å²) < 4.78 is 0. The summed E-state index contributed by atoms with van der Waals surface area (Å²) in [5.74, 6) is -4.61. The first kappa shape index (κ1) is 44.2. The smallest absolute Gasteiger partial charge is 0.325 e. The van der Waals surface area contributed by atoms with Crippen molar-refractivity contribution in [1.29, 1.82) is 5.41 Å². The van der Waals surface area contributed by atoms with Crippen molar-refractivity contribution in [2.24, 2.45) is 5.73 Å². The lowest BCUT2D eigenvalue weighted by Crippen LogP contribution is -2.58. The first-order valence-electron chi connectivity index (χ1n) is 18.8. The molecule has 10 N–H and O–H groups in total. The quantitative estimate of drug-likeness (QED) is 0.0340. The maximum absolute atomic E-state index is 14.1. The molecule has 1 aromatic heterocycles. The van der Waals surface area contributed by atoms with Gasteiger partial charge in [-0.2, -0.15) is 0 Å². The standard InChI is InChI=1S/C42H50N8O7S/c1-26-12-18-31(19-13-26)47-36(51)20-21-37(52)48-35(25-32-10-7-23-58-32)40(55)50-34(24-28-14-16-30(17-15-28)29-8-4-3-5-9-29)39(54)49-33(11-6-22-45-42(43)44)38(53)46-27(2)41(56)57/h3-5,7-10,12-19,23,27,33-35H,6,11,20-22,24-25H2,1-2H3,(H,46,53)(H,47,51)(H,48,52)(H,49,54)(H,50,55)(H,56,57)(H4,43,44,45)/t27-,33+,34-,35+/m0/s1. The summed E-state index contributed by atoms with van der Waals surface area (Å²) in [6.45, 7) is 3.42. The number of guanidine groups is 1. The summed E-state index contributed by atoms with van der Waals surface area (Å²) in [5, 5.41) is 34.6. The van der Waals surface area contributed by atoms with E-state index < -0.39 is 53.8 Å². The van der Waals surface area contributed by atoms with E-state index in [1.54, 1.807) is 12.1 Å². The Hall–Kier alpha value is -6.55. The number of thiophene rings is 1. The van der Waals surface area contributed by atoms with Gasteiger partial charge in [-0.15, -0.1) is 11.3 Å². The summed E-state index contributed by atoms with van der Waals surface area (Å²) in [6, 6.07) is 23.1. The molecule has 5 amide bonds. The molecule has 0 aliphatic rings. The van der Waals surface area contributed by atoms with Gasteiger partial charge in [0.1, 0.15) is 24.2 Å². The molecule has 4 rings (SSSR count). The predicted molar refractivity (Wildman–Crippen MR) is 223 cm³/mol. The lowest BCUT2D eigenvalue weighted by Gasteiger charge is -2.26. The third-order valence-corrected chi connectivity index (χ3v) is 9.93. The van der Waals surface area contributed by atoms with Crippen LogP contribution in [-0.4, -0.2) is 77.3 Å². The summed E-state index contributed by atoms with van der Waals surface area (Å²) in [6.07, 6.45) is 0.0838. The molecule has 0 unspecified atom stereocenters. The molecule has 0 fully saturated rings. The second-order valence-corrected chi connectivity index (χ2v) is 14.8. The molecule has 0 aliphatic carbocycles. The Morgan fingerprint density at radius 2 is 1.31 bits per heavy atom. The molecule has 58 heavy (non-hydrogen) atoms. The van der Waals surface area contributed by atoms with Crippen LogP contribution in [0.4, 0.5) is 5.69 Å². The van der Waals surface area contributed by atoms with E-state index in [2.05, 4.69) is 31.9 Å². The van der Waals surface area contributed by atoms with E-state index in [1.807, 2.05) is 91.2 Å². The maximum Gasteiger partial charge on any atom is 0.325 e. The zero-order chi connectivity index (χ0) is 42.0. The maximum atomic E-state index is 14.1. The molecule has 0 aliphatic heterocycles. The number of carbonyl (C=O) groups excluding carboxylic acids is 5. The van der Waals surface area contributed by atoms with Crippen molar-refractivity contribution in [3.63, 3.8) is 0 Å². The molecule has 4 aromatic rings. The molecule has 0 bridgehead atoms. The Morgan fingerprint density at radius 3 is 1.93 bits per heavy atom. The molecule has 1 heterocycles. The number of aryl methyl sites for hydroxylation is 1. The number of nitrogens with one attached hydrogen (secondary N) is 7. The van der Waals surface area contributed by atoms with Gasteiger partial charge in [-0.25, -0.2) is 0 Å². The van der Waals surface area contributed by atoms with Crippen molar-refractivity contribution in [3.8, 4) is 11.1 Å². The zero-order valence-corrected chi connectivity index (χ0v) is 33.2. The third-order valence-electron chi connectivity index (χ3n) is 9.03. The van der Waals surface area contributed by atoms with Crippen LogP contribution in [0.15, 0.2) is 96.4 Å². The second kappa shape index (κ2) is 22.3. The molecule has 306 valence electrons. The van der Waals surface area contributed by atoms with E-state index in [-0.39, 0.29) is 56.9 Å². The van der Waals surface area contributed by atoms with E-state index in [0.29, 0.717) is 11.3 Å². The lowest BCUT2D eigenvalue weighted by atomic mass is 9.99. The molecule has 0 saturated carbocycles. The van der Waals surface area contributed by atoms with Crippen molar-refractivity contribution in [2.45, 2.75) is 76.5 Å². The number of hydrogen-bond donors (Lipinski definition) is 9. The fraction of sp³-hybridized carbons (Fsp3) is 0.310. The van der Waals surface area contributed by atoms with Crippen LogP contribution >= 0.6 is 11.3 Å². The van der Waals surface area contributed by atoms with Gasteiger partial charge in [0.15, 0.2) is 5.96 Å². The van der Waals surface area contributed by atoms with Gasteiger partial charge in [0.25, 0.3) is 0 Å². The lowest BCUT2D eigenvalue weighted by molar-refractivity contribution is -0.141. The van der Waals surface area contributed by atoms with Gasteiger partial charge in [-0.3, -0.25) is 34.2 Å². The number of carboxylic acid groups (broad SMARTS) is 1. The van der Waals surface area contributed by atoms with Gasteiger partial charge < -0.3 is 42.7 Å². The molecule has 3 aromatic carbocycles. The number of benzene rings is 3. The number of carboxylic acids is 1. The average Bonchev–Trinajstić information content (AvgIpc) is 3.72. The molecule has 16 heteroatoms. The van der Waals surface area contributed by atoms with E-state index in [4.69, 9.17) is 11.1 Å². The Labute approximate surface area is 341 Å². The minimum Gasteiger partial charge on any atom is -0.480 e. The van der Waals surface area contributed by atoms with Gasteiger partial charge in [-0.05, 0) is 67.0 Å². The Kier molecular flexibility index (Phi) is 16.9. The number of amides is 5. The van der Waals surface area contributed by atoms with Crippen LogP contribution in [0.25, 0.3) is 11.1 Å². The molecule has 0 spiro atoms. The van der Waals surface area contributed by atoms with Gasteiger partial charge in [0.2, 0.25) is 29.5 Å². The number of hydrogen-bond acceptors (Lipinski definition) is 8. The number of aliphatic carboxylic acids is 1. The minimum atomic E-state index is -1.27. The highest BCUT2D eigenvalue weighted by molar-refractivity contribution is 7.09. The normalized spacial score (nSPS) is 12.8. The summed E-state index contributed by atoms with van der Waals surface area (Å²) in [5.41, 5.74) is 9.61. The van der Waals surface area contributed by atoms with Crippen LogP contribution in [0.1, 0.15) is 48.6 Å². The van der Waals surface area contributed by atoms with E-state index in [9.17, 15) is 33.9 Å². The molecule has 0 radical (unpaired) electrons. The topological polar surface area (TPSA) is 245 Å². The van der Waals surface area contributed by atoms with Crippen molar-refractivity contribution in [3.05, 3.63) is 112 Å². The third kappa shape index (κ3) is 14.8. The minimum absolute atomic E-state index is 0.00273. The van der Waals surface area contributed by atoms with Crippen LogP contribution in [0.3, 0.4) is 0 Å². The van der Waals surface area contributed by atoms with E-state index >= 15 is 0 Å². The van der Waals surface area contributed by atoms with E-state index in [0.717, 1.165) is 21.6 Å². The molecule has 0 saturated heterocycles. The molecular formula is C42H50N8O7S. The largest absolute Gasteiger partial charge is 0.480 e. The summed E-state index contributed by atoms with van der Waals surface area (Å²) in [4.78, 5) is 79.7. The van der Waals surface area contributed by atoms with Crippen LogP contribution in [-0.2, 0) is 41.6 Å². The predicted octanol–water partition coefficient (Wildman–Crippen LogP) is 3.23. The Bertz CT molecular complexity index is 2010. The molecular weight excluding hydrogens is 761 g/mol. The summed E-state index contributed by atoms with van der Waals surface area (Å²) in [7, 11) is 0. The number of carbonyl (C=O) groups is 6. The SMILES string of the molecule is Cc1ccc(NC(=O)CCC(=O)N[C@H](Cc2cccs2)C(=O)N[C@@H](Cc2ccc(-c3ccccc3)cc2)C(=O)N[C@H](CCCNC(=N)N)C(=O)N[C@@H](C)C(=O)O)cc1. The van der Waals surface area contributed by atoms with Crippen molar-refractivity contribution in [1.82, 2.24) is 26.6 Å². The fourth-order valence-corrected chi connectivity index (χ4v) is 6.57. The Balaban J connectivity index is 1.55. The number of rotatable bonds is 21. The molecule has 15 nitrogen and oxygen atoms in total. The highest BCUT2D eigenvalue weighted by Crippen LogP contribution is 2.20. The van der Waals surface area contributed by atoms with Gasteiger partial charge in [0, 0.05) is 42.8 Å². The van der Waals surface area contributed by atoms with Crippen LogP contribution in [0.5, 0.6) is 0 Å². The van der Waals surface area contributed by atoms with Crippen LogP contribution in [0, 0.1) is 12.3 Å². The number of anilines is 1. The van der Waals surface area contributed by atoms with Crippen molar-refractivity contribution in [2.75, 3.05) is 11.9 Å². The zero-order valence-electron chi connectivity index (χ0n) is 32.4. The highest BCUT2D eigenvalue weighted by Gasteiger charge is 2.31. The van der Waals surface area contributed by atoms with Gasteiger partial charge >= 0.3 is 5.97 Å². The van der Waals surface area contributed by atoms with Gasteiger partial charge in [0.05, 0.1) is 0 Å². The Morgan fingerprint density at radius 1 is 0.707 bits per heavy atom. The fourth-order valence-electron chi connectivity index (χ4n) is 5.82. The number of nitrogens with two attached hydrogens (primary N) is 1. The van der Waals surface area contributed by atoms with Crippen LogP contribution in [0.2, 0.25) is 0 Å². The molecule has 4 atom stereocenters. The highest BCUT2D eigenvalue weighted by atomic mass is 32.1. The van der Waals surface area contributed by atoms with Crippen molar-refractivity contribution < 1.29 is 33.9 Å². The summed E-state index contributed by atoms with van der Waals surface area (Å²) >= 11 is 1.39. The first-order valence-corrected chi connectivity index (χ1v) is 19.7. The van der Waals surface area contributed by atoms with Crippen LogP contribution < -0.4 is 37.6 Å². The van der Waals surface area contributed by atoms with Gasteiger partial charge in [-0.1, -0.05) is 78.4 Å². The monoisotopic (exact) mass is 810 g/mol. The average molecular weight is 811 g/mol.